The number of nitrogens with one attached hydrogen (secondary N) is 1. The van der Waals surface area contributed by atoms with E-state index in [2.05, 4.69) is 21.2 Å². The molecule has 2 aromatic rings. The van der Waals surface area contributed by atoms with Crippen LogP contribution in [0.3, 0.4) is 0 Å². The Kier molecular flexibility index (Phi) is 4.56. The Hall–Kier alpha value is -1.39. The van der Waals surface area contributed by atoms with Crippen LogP contribution in [0.15, 0.2) is 46.9 Å². The van der Waals surface area contributed by atoms with E-state index < -0.39 is 0 Å². The van der Waals surface area contributed by atoms with Gasteiger partial charge in [-0.15, -0.1) is 0 Å². The van der Waals surface area contributed by atoms with Crippen LogP contribution in [0.1, 0.15) is 17.2 Å². The maximum Gasteiger partial charge on any atom is 0.128 e. The second-order valence-electron chi connectivity index (χ2n) is 4.44. The monoisotopic (exact) mass is 322 g/mol. The van der Waals surface area contributed by atoms with Crippen molar-refractivity contribution in [3.63, 3.8) is 0 Å². The van der Waals surface area contributed by atoms with Gasteiger partial charge >= 0.3 is 0 Å². The van der Waals surface area contributed by atoms with Crippen molar-refractivity contribution in [1.29, 1.82) is 0 Å². The molecule has 0 bridgehead atoms. The molecule has 0 aliphatic rings. The number of hydrogen-bond acceptors (Lipinski definition) is 2. The average Bonchev–Trinajstić information content (AvgIpc) is 2.41. The lowest BCUT2D eigenvalue weighted by Crippen LogP contribution is -2.22. The maximum atomic E-state index is 13.9. The number of anilines is 1. The van der Waals surface area contributed by atoms with Gasteiger partial charge < -0.3 is 11.1 Å². The lowest BCUT2D eigenvalue weighted by Gasteiger charge is -2.20. The molecule has 19 heavy (non-hydrogen) atoms. The molecule has 1 atom stereocenters. The Bertz CT molecular complexity index is 572. The van der Waals surface area contributed by atoms with Crippen LogP contribution < -0.4 is 11.1 Å². The van der Waals surface area contributed by atoms with Gasteiger partial charge in [-0.1, -0.05) is 29.8 Å². The molecule has 0 aromatic heterocycles. The van der Waals surface area contributed by atoms with Gasteiger partial charge in [0.05, 0.1) is 6.04 Å². The Morgan fingerprint density at radius 2 is 2.00 bits per heavy atom. The number of hydrogen-bond donors (Lipinski definition) is 2. The van der Waals surface area contributed by atoms with E-state index in [1.807, 2.05) is 37.3 Å². The highest BCUT2D eigenvalue weighted by Gasteiger charge is 2.15. The molecule has 2 aromatic carbocycles. The van der Waals surface area contributed by atoms with Crippen molar-refractivity contribution in [3.8, 4) is 0 Å². The Morgan fingerprint density at radius 3 is 2.68 bits per heavy atom. The van der Waals surface area contributed by atoms with Gasteiger partial charge in [-0.05, 0) is 41.1 Å². The molecular weight excluding hydrogens is 307 g/mol. The fraction of sp³-hybridized carbons (Fsp3) is 0.200. The summed E-state index contributed by atoms with van der Waals surface area (Å²) in [6, 6.07) is 12.5. The fourth-order valence-electron chi connectivity index (χ4n) is 1.96. The minimum Gasteiger partial charge on any atom is -0.376 e. The number of nitrogens with two attached hydrogens (primary N) is 1. The maximum absolute atomic E-state index is 13.9. The van der Waals surface area contributed by atoms with Crippen LogP contribution in [-0.4, -0.2) is 6.54 Å². The first-order chi connectivity index (χ1) is 9.11. The third-order valence-corrected chi connectivity index (χ3v) is 3.66. The van der Waals surface area contributed by atoms with Gasteiger partial charge in [0.15, 0.2) is 0 Å². The van der Waals surface area contributed by atoms with E-state index in [1.54, 1.807) is 6.07 Å². The molecule has 0 amide bonds. The molecule has 4 heteroatoms. The summed E-state index contributed by atoms with van der Waals surface area (Å²) in [4.78, 5) is 0. The standard InChI is InChI=1S/C15H16BrFN2/c1-10-6-7-13(17)11(8-10)15(9-18)19-14-5-3-2-4-12(14)16/h2-8,15,19H,9,18H2,1H3. The lowest BCUT2D eigenvalue weighted by atomic mass is 10.0. The Morgan fingerprint density at radius 1 is 1.26 bits per heavy atom. The third kappa shape index (κ3) is 3.33. The van der Waals surface area contributed by atoms with Crippen LogP contribution in [0.5, 0.6) is 0 Å². The Labute approximate surface area is 121 Å². The predicted octanol–water partition coefficient (Wildman–Crippen LogP) is 4.01. The van der Waals surface area contributed by atoms with Crippen molar-refractivity contribution in [3.05, 3.63) is 63.9 Å². The summed E-state index contributed by atoms with van der Waals surface area (Å²) in [5.41, 5.74) is 8.29. The molecule has 0 fully saturated rings. The van der Waals surface area contributed by atoms with Gasteiger partial charge in [-0.3, -0.25) is 0 Å². The summed E-state index contributed by atoms with van der Waals surface area (Å²) in [5.74, 6) is -0.236. The first-order valence-corrected chi connectivity index (χ1v) is 6.88. The summed E-state index contributed by atoms with van der Waals surface area (Å²) in [5, 5.41) is 3.27. The van der Waals surface area contributed by atoms with E-state index in [9.17, 15) is 4.39 Å². The molecule has 0 radical (unpaired) electrons. The zero-order chi connectivity index (χ0) is 13.8. The molecule has 0 heterocycles. The van der Waals surface area contributed by atoms with Crippen LogP contribution in [0.4, 0.5) is 10.1 Å². The van der Waals surface area contributed by atoms with Gasteiger partial charge in [0.2, 0.25) is 0 Å². The predicted molar refractivity (Wildman–Crippen MR) is 80.7 cm³/mol. The minimum atomic E-state index is -0.251. The highest BCUT2D eigenvalue weighted by Crippen LogP contribution is 2.27. The van der Waals surface area contributed by atoms with E-state index in [0.29, 0.717) is 12.1 Å². The van der Waals surface area contributed by atoms with E-state index in [0.717, 1.165) is 15.7 Å². The molecule has 3 N–H and O–H groups in total. The zero-order valence-corrected chi connectivity index (χ0v) is 12.2. The van der Waals surface area contributed by atoms with Crippen LogP contribution in [-0.2, 0) is 0 Å². The highest BCUT2D eigenvalue weighted by molar-refractivity contribution is 9.10. The molecule has 2 rings (SSSR count). The van der Waals surface area contributed by atoms with Gasteiger partial charge in [-0.25, -0.2) is 4.39 Å². The van der Waals surface area contributed by atoms with Crippen molar-refractivity contribution in [2.75, 3.05) is 11.9 Å². The second-order valence-corrected chi connectivity index (χ2v) is 5.29. The first kappa shape index (κ1) is 14.0. The van der Waals surface area contributed by atoms with Gasteiger partial charge in [0.1, 0.15) is 5.82 Å². The molecule has 0 spiro atoms. The number of benzene rings is 2. The lowest BCUT2D eigenvalue weighted by molar-refractivity contribution is 0.593. The summed E-state index contributed by atoms with van der Waals surface area (Å²) in [6.45, 7) is 2.26. The van der Waals surface area contributed by atoms with Crippen LogP contribution in [0, 0.1) is 12.7 Å². The number of halogens is 2. The van der Waals surface area contributed by atoms with Gasteiger partial charge in [0.25, 0.3) is 0 Å². The summed E-state index contributed by atoms with van der Waals surface area (Å²) < 4.78 is 14.8. The molecule has 100 valence electrons. The average molecular weight is 323 g/mol. The van der Waals surface area contributed by atoms with Crippen molar-refractivity contribution in [2.45, 2.75) is 13.0 Å². The Balaban J connectivity index is 2.30. The third-order valence-electron chi connectivity index (χ3n) is 2.97. The van der Waals surface area contributed by atoms with Gasteiger partial charge in [-0.2, -0.15) is 0 Å². The van der Waals surface area contributed by atoms with E-state index in [4.69, 9.17) is 5.73 Å². The van der Waals surface area contributed by atoms with Crippen molar-refractivity contribution < 1.29 is 4.39 Å². The SMILES string of the molecule is Cc1ccc(F)c(C(CN)Nc2ccccc2Br)c1. The molecule has 0 aliphatic heterocycles. The molecule has 0 aliphatic carbocycles. The van der Waals surface area contributed by atoms with E-state index in [-0.39, 0.29) is 11.9 Å². The molecule has 0 saturated carbocycles. The van der Waals surface area contributed by atoms with Crippen molar-refractivity contribution >= 4 is 21.6 Å². The van der Waals surface area contributed by atoms with E-state index in [1.165, 1.54) is 6.07 Å². The minimum absolute atomic E-state index is 0.236. The van der Waals surface area contributed by atoms with Crippen molar-refractivity contribution in [1.82, 2.24) is 0 Å². The molecule has 0 saturated heterocycles. The van der Waals surface area contributed by atoms with Crippen LogP contribution >= 0.6 is 15.9 Å². The summed E-state index contributed by atoms with van der Waals surface area (Å²) in [7, 11) is 0. The van der Waals surface area contributed by atoms with Crippen molar-refractivity contribution in [2.24, 2.45) is 5.73 Å². The second kappa shape index (κ2) is 6.17. The fourth-order valence-corrected chi connectivity index (χ4v) is 2.36. The highest BCUT2D eigenvalue weighted by atomic mass is 79.9. The zero-order valence-electron chi connectivity index (χ0n) is 10.7. The molecular formula is C15H16BrFN2. The summed E-state index contributed by atoms with van der Waals surface area (Å²) in [6.07, 6.45) is 0. The normalized spacial score (nSPS) is 12.2. The number of aryl methyl sites for hydroxylation is 1. The number of para-hydroxylation sites is 1. The summed E-state index contributed by atoms with van der Waals surface area (Å²) >= 11 is 3.46. The smallest absolute Gasteiger partial charge is 0.128 e. The van der Waals surface area contributed by atoms with Crippen LogP contribution in [0.2, 0.25) is 0 Å². The molecule has 2 nitrogen and oxygen atoms in total. The molecule has 1 unspecified atom stereocenters. The van der Waals surface area contributed by atoms with Gasteiger partial charge in [0, 0.05) is 22.3 Å². The topological polar surface area (TPSA) is 38.0 Å². The van der Waals surface area contributed by atoms with E-state index >= 15 is 0 Å². The quantitative estimate of drug-likeness (QED) is 0.892. The first-order valence-electron chi connectivity index (χ1n) is 6.09. The van der Waals surface area contributed by atoms with Crippen LogP contribution in [0.25, 0.3) is 0 Å². The largest absolute Gasteiger partial charge is 0.376 e. The number of rotatable bonds is 4.